The molecule has 0 aliphatic heterocycles. The second kappa shape index (κ2) is 3.89. The first-order valence-electron chi connectivity index (χ1n) is 5.88. The molecule has 1 aromatic rings. The van der Waals surface area contributed by atoms with Crippen molar-refractivity contribution in [1.29, 1.82) is 0 Å². The third-order valence-corrected chi connectivity index (χ3v) is 5.21. The molecule has 4 atom stereocenters. The molecule has 0 radical (unpaired) electrons. The van der Waals surface area contributed by atoms with Crippen LogP contribution in [-0.2, 0) is 0 Å². The molecule has 2 bridgehead atoms. The molecule has 2 aliphatic carbocycles. The molecule has 15 heavy (non-hydrogen) atoms. The molecule has 2 aliphatic rings. The van der Waals surface area contributed by atoms with E-state index in [1.807, 2.05) is 11.3 Å². The Morgan fingerprint density at radius 3 is 2.87 bits per heavy atom. The molecule has 0 saturated heterocycles. The van der Waals surface area contributed by atoms with E-state index in [9.17, 15) is 0 Å². The lowest BCUT2D eigenvalue weighted by atomic mass is 9.83. The SMILES string of the molecule is NNC(c1cccs1)C1CC2CCC1C2. The molecule has 3 heteroatoms. The number of rotatable bonds is 3. The molecule has 0 aromatic carbocycles. The van der Waals surface area contributed by atoms with Gasteiger partial charge in [-0.3, -0.25) is 11.3 Å². The van der Waals surface area contributed by atoms with Crippen molar-refractivity contribution in [2.75, 3.05) is 0 Å². The van der Waals surface area contributed by atoms with E-state index in [1.54, 1.807) is 0 Å². The summed E-state index contributed by atoms with van der Waals surface area (Å²) in [6, 6.07) is 4.74. The van der Waals surface area contributed by atoms with Crippen molar-refractivity contribution in [2.24, 2.45) is 23.6 Å². The van der Waals surface area contributed by atoms with Gasteiger partial charge in [-0.05, 0) is 48.5 Å². The van der Waals surface area contributed by atoms with Crippen LogP contribution in [0.15, 0.2) is 17.5 Å². The highest BCUT2D eigenvalue weighted by molar-refractivity contribution is 7.10. The van der Waals surface area contributed by atoms with E-state index in [1.165, 1.54) is 30.6 Å². The molecule has 1 heterocycles. The van der Waals surface area contributed by atoms with Crippen LogP contribution in [0.5, 0.6) is 0 Å². The van der Waals surface area contributed by atoms with Crippen molar-refractivity contribution in [3.05, 3.63) is 22.4 Å². The smallest absolute Gasteiger partial charge is 0.0584 e. The van der Waals surface area contributed by atoms with Crippen LogP contribution in [0.2, 0.25) is 0 Å². The Balaban J connectivity index is 1.80. The van der Waals surface area contributed by atoms with Crippen LogP contribution in [0.3, 0.4) is 0 Å². The van der Waals surface area contributed by atoms with Gasteiger partial charge >= 0.3 is 0 Å². The highest BCUT2D eigenvalue weighted by atomic mass is 32.1. The second-order valence-corrected chi connectivity index (χ2v) is 5.98. The molecule has 3 N–H and O–H groups in total. The standard InChI is InChI=1S/C12H18N2S/c13-14-12(11-2-1-5-15-11)10-7-8-3-4-9(10)6-8/h1-2,5,8-10,12,14H,3-4,6-7,13H2. The first kappa shape index (κ1) is 9.82. The largest absolute Gasteiger partial charge is 0.271 e. The quantitative estimate of drug-likeness (QED) is 0.609. The van der Waals surface area contributed by atoms with Gasteiger partial charge in [-0.1, -0.05) is 12.5 Å². The summed E-state index contributed by atoms with van der Waals surface area (Å²) in [5, 5.41) is 2.15. The minimum atomic E-state index is 0.403. The second-order valence-electron chi connectivity index (χ2n) is 5.00. The average molecular weight is 222 g/mol. The Kier molecular flexibility index (Phi) is 2.54. The van der Waals surface area contributed by atoms with Crippen LogP contribution in [-0.4, -0.2) is 0 Å². The Morgan fingerprint density at radius 1 is 1.40 bits per heavy atom. The maximum Gasteiger partial charge on any atom is 0.0584 e. The van der Waals surface area contributed by atoms with E-state index in [0.717, 1.165) is 17.8 Å². The Labute approximate surface area is 94.8 Å². The van der Waals surface area contributed by atoms with Gasteiger partial charge < -0.3 is 0 Å². The van der Waals surface area contributed by atoms with Crippen molar-refractivity contribution in [3.8, 4) is 0 Å². The zero-order valence-electron chi connectivity index (χ0n) is 8.86. The van der Waals surface area contributed by atoms with Gasteiger partial charge in [-0.2, -0.15) is 0 Å². The summed E-state index contributed by atoms with van der Waals surface area (Å²) in [7, 11) is 0. The van der Waals surface area contributed by atoms with Crippen LogP contribution in [0.4, 0.5) is 0 Å². The number of thiophene rings is 1. The van der Waals surface area contributed by atoms with Crippen molar-refractivity contribution >= 4 is 11.3 Å². The van der Waals surface area contributed by atoms with Crippen molar-refractivity contribution < 1.29 is 0 Å². The van der Waals surface area contributed by atoms with E-state index in [2.05, 4.69) is 22.9 Å². The number of hydrogen-bond acceptors (Lipinski definition) is 3. The molecule has 3 rings (SSSR count). The third kappa shape index (κ3) is 1.63. The number of hydrazine groups is 1. The van der Waals surface area contributed by atoms with Gasteiger partial charge in [-0.25, -0.2) is 0 Å². The number of hydrogen-bond donors (Lipinski definition) is 2. The topological polar surface area (TPSA) is 38.0 Å². The average Bonchev–Trinajstić information content (AvgIpc) is 2.94. The highest BCUT2D eigenvalue weighted by Gasteiger charge is 2.43. The molecular formula is C12H18N2S. The van der Waals surface area contributed by atoms with E-state index in [0.29, 0.717) is 6.04 Å². The predicted molar refractivity (Wildman–Crippen MR) is 63.3 cm³/mol. The Bertz CT molecular complexity index is 322. The zero-order chi connectivity index (χ0) is 10.3. The lowest BCUT2D eigenvalue weighted by molar-refractivity contribution is 0.255. The normalized spacial score (nSPS) is 35.9. The molecule has 2 saturated carbocycles. The predicted octanol–water partition coefficient (Wildman–Crippen LogP) is 2.69. The fourth-order valence-electron chi connectivity index (χ4n) is 3.59. The molecule has 2 nitrogen and oxygen atoms in total. The third-order valence-electron chi connectivity index (χ3n) is 4.25. The summed E-state index contributed by atoms with van der Waals surface area (Å²) >= 11 is 1.83. The molecule has 0 spiro atoms. The summed E-state index contributed by atoms with van der Waals surface area (Å²) < 4.78 is 0. The van der Waals surface area contributed by atoms with E-state index in [-0.39, 0.29) is 0 Å². The Morgan fingerprint density at radius 2 is 2.33 bits per heavy atom. The lowest BCUT2D eigenvalue weighted by Crippen LogP contribution is -2.35. The first-order valence-corrected chi connectivity index (χ1v) is 6.76. The van der Waals surface area contributed by atoms with Gasteiger partial charge in [0.05, 0.1) is 6.04 Å². The van der Waals surface area contributed by atoms with Crippen molar-refractivity contribution in [3.63, 3.8) is 0 Å². The minimum Gasteiger partial charge on any atom is -0.271 e. The van der Waals surface area contributed by atoms with Crippen LogP contribution >= 0.6 is 11.3 Å². The summed E-state index contributed by atoms with van der Waals surface area (Å²) in [6.45, 7) is 0. The first-order chi connectivity index (χ1) is 7.38. The van der Waals surface area contributed by atoms with Gasteiger partial charge in [-0.15, -0.1) is 11.3 Å². The summed E-state index contributed by atoms with van der Waals surface area (Å²) in [6.07, 6.45) is 5.73. The summed E-state index contributed by atoms with van der Waals surface area (Å²) in [5.74, 6) is 8.44. The number of fused-ring (bicyclic) bond motifs is 2. The zero-order valence-corrected chi connectivity index (χ0v) is 9.67. The van der Waals surface area contributed by atoms with E-state index >= 15 is 0 Å². The van der Waals surface area contributed by atoms with Gasteiger partial charge in [0.15, 0.2) is 0 Å². The van der Waals surface area contributed by atoms with Gasteiger partial charge in [0.25, 0.3) is 0 Å². The lowest BCUT2D eigenvalue weighted by Gasteiger charge is -2.29. The summed E-state index contributed by atoms with van der Waals surface area (Å²) in [4.78, 5) is 1.41. The molecule has 82 valence electrons. The summed E-state index contributed by atoms with van der Waals surface area (Å²) in [5.41, 5.74) is 3.04. The molecule has 0 amide bonds. The maximum atomic E-state index is 5.73. The number of nitrogens with two attached hydrogens (primary N) is 1. The fraction of sp³-hybridized carbons (Fsp3) is 0.667. The number of nitrogens with one attached hydrogen (secondary N) is 1. The minimum absolute atomic E-state index is 0.403. The van der Waals surface area contributed by atoms with Crippen LogP contribution in [0, 0.1) is 17.8 Å². The Hall–Kier alpha value is -0.380. The van der Waals surface area contributed by atoms with Crippen molar-refractivity contribution in [1.82, 2.24) is 5.43 Å². The van der Waals surface area contributed by atoms with Gasteiger partial charge in [0.1, 0.15) is 0 Å². The van der Waals surface area contributed by atoms with Gasteiger partial charge in [0.2, 0.25) is 0 Å². The molecular weight excluding hydrogens is 204 g/mol. The van der Waals surface area contributed by atoms with Crippen LogP contribution in [0.25, 0.3) is 0 Å². The van der Waals surface area contributed by atoms with E-state index < -0.39 is 0 Å². The fourth-order valence-corrected chi connectivity index (χ4v) is 4.45. The molecule has 1 aromatic heterocycles. The van der Waals surface area contributed by atoms with Gasteiger partial charge in [0, 0.05) is 4.88 Å². The monoisotopic (exact) mass is 222 g/mol. The van der Waals surface area contributed by atoms with Crippen LogP contribution < -0.4 is 11.3 Å². The molecule has 2 fully saturated rings. The van der Waals surface area contributed by atoms with Crippen LogP contribution in [0.1, 0.15) is 36.6 Å². The van der Waals surface area contributed by atoms with Crippen molar-refractivity contribution in [2.45, 2.75) is 31.7 Å². The van der Waals surface area contributed by atoms with E-state index in [4.69, 9.17) is 5.84 Å². The maximum absolute atomic E-state index is 5.73. The highest BCUT2D eigenvalue weighted by Crippen LogP contribution is 2.52. The molecule has 4 unspecified atom stereocenters.